The molecule has 1 aliphatic heterocycles. The van der Waals surface area contributed by atoms with Gasteiger partial charge in [-0.3, -0.25) is 0 Å². The summed E-state index contributed by atoms with van der Waals surface area (Å²) in [5.74, 6) is 0.950. The van der Waals surface area contributed by atoms with Crippen molar-refractivity contribution in [2.75, 3.05) is 6.61 Å². The predicted molar refractivity (Wildman–Crippen MR) is 50.7 cm³/mol. The number of hydrogen-bond acceptors (Lipinski definition) is 2. The Morgan fingerprint density at radius 3 is 3.23 bits per heavy atom. The Morgan fingerprint density at radius 1 is 1.38 bits per heavy atom. The van der Waals surface area contributed by atoms with Crippen molar-refractivity contribution in [1.82, 2.24) is 4.98 Å². The number of fused-ring (bicyclic) bond motifs is 3. The number of benzene rings is 1. The van der Waals surface area contributed by atoms with E-state index in [4.69, 9.17) is 10.5 Å². The van der Waals surface area contributed by atoms with E-state index in [0.717, 1.165) is 22.2 Å². The minimum absolute atomic E-state index is 0.0364. The summed E-state index contributed by atoms with van der Waals surface area (Å²) in [6, 6.07) is 6.13. The van der Waals surface area contributed by atoms with Gasteiger partial charge in [0.1, 0.15) is 12.4 Å². The molecule has 1 aliphatic rings. The van der Waals surface area contributed by atoms with E-state index in [-0.39, 0.29) is 6.04 Å². The number of rotatable bonds is 0. The number of aromatic amines is 1. The molecule has 0 spiro atoms. The van der Waals surface area contributed by atoms with Crippen LogP contribution in [0.4, 0.5) is 0 Å². The first-order valence-corrected chi connectivity index (χ1v) is 4.34. The third-order valence-corrected chi connectivity index (χ3v) is 2.52. The van der Waals surface area contributed by atoms with Gasteiger partial charge in [-0.15, -0.1) is 0 Å². The van der Waals surface area contributed by atoms with Crippen LogP contribution < -0.4 is 10.5 Å². The van der Waals surface area contributed by atoms with E-state index in [1.165, 1.54) is 0 Å². The fourth-order valence-electron chi connectivity index (χ4n) is 1.84. The van der Waals surface area contributed by atoms with E-state index < -0.39 is 0 Å². The number of ether oxygens (including phenoxy) is 1. The highest BCUT2D eigenvalue weighted by Crippen LogP contribution is 2.37. The van der Waals surface area contributed by atoms with E-state index in [9.17, 15) is 0 Å². The molecular formula is C10H10N2O. The lowest BCUT2D eigenvalue weighted by molar-refractivity contribution is 0.336. The summed E-state index contributed by atoms with van der Waals surface area (Å²) in [5, 5.41) is 1.13. The molecule has 0 radical (unpaired) electrons. The van der Waals surface area contributed by atoms with Gasteiger partial charge in [0, 0.05) is 22.7 Å². The molecule has 13 heavy (non-hydrogen) atoms. The number of H-pyrrole nitrogens is 1. The average molecular weight is 174 g/mol. The minimum atomic E-state index is 0.0364. The topological polar surface area (TPSA) is 51.0 Å². The van der Waals surface area contributed by atoms with E-state index in [1.807, 2.05) is 24.4 Å². The van der Waals surface area contributed by atoms with Gasteiger partial charge in [0.05, 0.1) is 6.04 Å². The second-order valence-corrected chi connectivity index (χ2v) is 3.34. The van der Waals surface area contributed by atoms with Crippen LogP contribution in [0.25, 0.3) is 10.9 Å². The molecule has 0 saturated carbocycles. The Labute approximate surface area is 75.5 Å². The van der Waals surface area contributed by atoms with Gasteiger partial charge < -0.3 is 15.5 Å². The molecule has 2 heterocycles. The molecule has 0 bridgehead atoms. The van der Waals surface area contributed by atoms with E-state index in [1.54, 1.807) is 0 Å². The quantitative estimate of drug-likeness (QED) is 0.636. The molecule has 1 aromatic carbocycles. The van der Waals surface area contributed by atoms with Crippen LogP contribution in [0.3, 0.4) is 0 Å². The number of nitrogens with two attached hydrogens (primary N) is 1. The number of nitrogens with one attached hydrogen (secondary N) is 1. The number of aromatic nitrogens is 1. The van der Waals surface area contributed by atoms with Crippen LogP contribution in [-0.4, -0.2) is 11.6 Å². The standard InChI is InChI=1S/C10H10N2O/c11-8-5-13-10-6(8)1-2-9-7(10)3-4-12-9/h1-4,8,12H,5,11H2. The van der Waals surface area contributed by atoms with Crippen LogP contribution in [0, 0.1) is 0 Å². The summed E-state index contributed by atoms with van der Waals surface area (Å²) in [6.45, 7) is 0.597. The van der Waals surface area contributed by atoms with Crippen molar-refractivity contribution in [2.24, 2.45) is 5.73 Å². The van der Waals surface area contributed by atoms with Gasteiger partial charge in [-0.05, 0) is 12.1 Å². The maximum Gasteiger partial charge on any atom is 0.133 e. The summed E-state index contributed by atoms with van der Waals surface area (Å²) in [4.78, 5) is 3.14. The van der Waals surface area contributed by atoms with Crippen LogP contribution >= 0.6 is 0 Å². The molecule has 66 valence electrons. The van der Waals surface area contributed by atoms with Gasteiger partial charge in [-0.25, -0.2) is 0 Å². The van der Waals surface area contributed by atoms with Crippen molar-refractivity contribution < 1.29 is 4.74 Å². The molecule has 3 nitrogen and oxygen atoms in total. The Hall–Kier alpha value is -1.48. The summed E-state index contributed by atoms with van der Waals surface area (Å²) in [7, 11) is 0. The Bertz CT molecular complexity index is 461. The number of hydrogen-bond donors (Lipinski definition) is 2. The largest absolute Gasteiger partial charge is 0.491 e. The van der Waals surface area contributed by atoms with Crippen LogP contribution in [0.2, 0.25) is 0 Å². The molecule has 0 amide bonds. The van der Waals surface area contributed by atoms with Gasteiger partial charge in [-0.2, -0.15) is 0 Å². The van der Waals surface area contributed by atoms with Gasteiger partial charge >= 0.3 is 0 Å². The second-order valence-electron chi connectivity index (χ2n) is 3.34. The molecule has 1 atom stereocenters. The Kier molecular flexibility index (Phi) is 1.21. The van der Waals surface area contributed by atoms with Crippen LogP contribution in [-0.2, 0) is 0 Å². The fraction of sp³-hybridized carbons (Fsp3) is 0.200. The Balaban J connectivity index is 2.39. The van der Waals surface area contributed by atoms with E-state index in [0.29, 0.717) is 6.61 Å². The fourth-order valence-corrected chi connectivity index (χ4v) is 1.84. The summed E-state index contributed by atoms with van der Waals surface area (Å²) in [5.41, 5.74) is 8.09. The zero-order chi connectivity index (χ0) is 8.84. The molecule has 3 N–H and O–H groups in total. The first-order valence-electron chi connectivity index (χ1n) is 4.34. The van der Waals surface area contributed by atoms with Crippen molar-refractivity contribution >= 4 is 10.9 Å². The zero-order valence-electron chi connectivity index (χ0n) is 7.08. The molecule has 3 rings (SSSR count). The lowest BCUT2D eigenvalue weighted by Gasteiger charge is -2.00. The lowest BCUT2D eigenvalue weighted by atomic mass is 10.1. The maximum atomic E-state index is 5.87. The molecule has 1 aromatic heterocycles. The molecule has 2 aromatic rings. The highest BCUT2D eigenvalue weighted by atomic mass is 16.5. The smallest absolute Gasteiger partial charge is 0.133 e. The summed E-state index contributed by atoms with van der Waals surface area (Å²) < 4.78 is 5.54. The van der Waals surface area contributed by atoms with Crippen LogP contribution in [0.1, 0.15) is 11.6 Å². The SMILES string of the molecule is NC1COc2c1ccc1[nH]ccc21. The molecule has 1 unspecified atom stereocenters. The minimum Gasteiger partial charge on any atom is -0.491 e. The first-order chi connectivity index (χ1) is 6.36. The predicted octanol–water partition coefficient (Wildman–Crippen LogP) is 1.56. The highest BCUT2D eigenvalue weighted by molar-refractivity contribution is 5.87. The van der Waals surface area contributed by atoms with Crippen molar-refractivity contribution in [3.63, 3.8) is 0 Å². The van der Waals surface area contributed by atoms with Crippen LogP contribution in [0.15, 0.2) is 24.4 Å². The van der Waals surface area contributed by atoms with Gasteiger partial charge in [-0.1, -0.05) is 6.07 Å². The lowest BCUT2D eigenvalue weighted by Crippen LogP contribution is -2.10. The van der Waals surface area contributed by atoms with Gasteiger partial charge in [0.25, 0.3) is 0 Å². The monoisotopic (exact) mass is 174 g/mol. The van der Waals surface area contributed by atoms with Crippen molar-refractivity contribution in [3.8, 4) is 5.75 Å². The van der Waals surface area contributed by atoms with Crippen molar-refractivity contribution in [2.45, 2.75) is 6.04 Å². The molecule has 0 saturated heterocycles. The van der Waals surface area contributed by atoms with Crippen LogP contribution in [0.5, 0.6) is 5.75 Å². The van der Waals surface area contributed by atoms with Crippen molar-refractivity contribution in [1.29, 1.82) is 0 Å². The first kappa shape index (κ1) is 6.97. The summed E-state index contributed by atoms with van der Waals surface area (Å²) in [6.07, 6.45) is 1.91. The third-order valence-electron chi connectivity index (χ3n) is 2.52. The zero-order valence-corrected chi connectivity index (χ0v) is 7.08. The molecular weight excluding hydrogens is 164 g/mol. The maximum absolute atomic E-state index is 5.87. The van der Waals surface area contributed by atoms with E-state index >= 15 is 0 Å². The Morgan fingerprint density at radius 2 is 2.31 bits per heavy atom. The average Bonchev–Trinajstić information content (AvgIpc) is 2.70. The van der Waals surface area contributed by atoms with Gasteiger partial charge in [0.2, 0.25) is 0 Å². The molecule has 3 heteroatoms. The second kappa shape index (κ2) is 2.26. The van der Waals surface area contributed by atoms with E-state index in [2.05, 4.69) is 4.98 Å². The molecule has 0 fully saturated rings. The van der Waals surface area contributed by atoms with Gasteiger partial charge in [0.15, 0.2) is 0 Å². The summed E-state index contributed by atoms with van der Waals surface area (Å²) >= 11 is 0. The third kappa shape index (κ3) is 0.820. The highest BCUT2D eigenvalue weighted by Gasteiger charge is 2.22. The van der Waals surface area contributed by atoms with Crippen molar-refractivity contribution in [3.05, 3.63) is 30.0 Å². The normalized spacial score (nSPS) is 20.2. The molecule has 0 aliphatic carbocycles.